The number of nitrogens with one attached hydrogen (secondary N) is 2. The zero-order valence-electron chi connectivity index (χ0n) is 11.5. The number of nitrogens with two attached hydrogens (primary N) is 1. The summed E-state index contributed by atoms with van der Waals surface area (Å²) in [5.74, 6) is 6.46. The van der Waals surface area contributed by atoms with Gasteiger partial charge in [0.25, 0.3) is 5.91 Å². The van der Waals surface area contributed by atoms with Crippen LogP contribution in [-0.4, -0.2) is 16.9 Å². The van der Waals surface area contributed by atoms with Crippen LogP contribution in [-0.2, 0) is 0 Å². The van der Waals surface area contributed by atoms with Crippen molar-refractivity contribution in [3.05, 3.63) is 24.0 Å². The summed E-state index contributed by atoms with van der Waals surface area (Å²) in [6.07, 6.45) is 5.01. The van der Waals surface area contributed by atoms with Gasteiger partial charge in [-0.3, -0.25) is 15.6 Å². The number of hydrogen-bond acceptors (Lipinski definition) is 4. The molecule has 1 heterocycles. The quantitative estimate of drug-likeness (QED) is 0.572. The third kappa shape index (κ3) is 3.04. The molecule has 3 unspecified atom stereocenters. The smallest absolute Gasteiger partial charge is 0.270 e. The minimum Gasteiger partial charge on any atom is -0.348 e. The maximum atomic E-state index is 12.2. The standard InChI is InChI=1S/C14H22N4O/c1-3-10-4-5-12(9(10)2)17-14(19)13-8-11(18-15)6-7-16-13/h6-10,12H,3-5,15H2,1-2H3,(H,16,18)(H,17,19). The predicted octanol–water partition coefficient (Wildman–Crippen LogP) is 1.92. The molecule has 1 aliphatic carbocycles. The van der Waals surface area contributed by atoms with Crippen molar-refractivity contribution in [3.63, 3.8) is 0 Å². The molecule has 1 amide bonds. The lowest BCUT2D eigenvalue weighted by atomic mass is 9.93. The van der Waals surface area contributed by atoms with E-state index in [1.807, 2.05) is 0 Å². The minimum atomic E-state index is -0.120. The Morgan fingerprint density at radius 3 is 2.95 bits per heavy atom. The average Bonchev–Trinajstić information content (AvgIpc) is 2.79. The molecule has 3 atom stereocenters. The van der Waals surface area contributed by atoms with Gasteiger partial charge < -0.3 is 10.7 Å². The number of carbonyl (C=O) groups is 1. The van der Waals surface area contributed by atoms with Gasteiger partial charge >= 0.3 is 0 Å². The summed E-state index contributed by atoms with van der Waals surface area (Å²) in [4.78, 5) is 16.3. The minimum absolute atomic E-state index is 0.120. The fourth-order valence-electron chi connectivity index (χ4n) is 2.91. The van der Waals surface area contributed by atoms with Gasteiger partial charge in [-0.2, -0.15) is 0 Å². The number of pyridine rings is 1. The molecule has 0 bridgehead atoms. The molecule has 0 saturated heterocycles. The second-order valence-corrected chi connectivity index (χ2v) is 5.26. The summed E-state index contributed by atoms with van der Waals surface area (Å²) < 4.78 is 0. The topological polar surface area (TPSA) is 80.0 Å². The van der Waals surface area contributed by atoms with Crippen LogP contribution in [0.3, 0.4) is 0 Å². The van der Waals surface area contributed by atoms with Crippen LogP contribution in [0.2, 0.25) is 0 Å². The molecular weight excluding hydrogens is 240 g/mol. The predicted molar refractivity (Wildman–Crippen MR) is 75.5 cm³/mol. The molecule has 1 aliphatic rings. The fraction of sp³-hybridized carbons (Fsp3) is 0.571. The van der Waals surface area contributed by atoms with E-state index >= 15 is 0 Å². The highest BCUT2D eigenvalue weighted by Gasteiger charge is 2.32. The van der Waals surface area contributed by atoms with Crippen molar-refractivity contribution in [2.24, 2.45) is 17.7 Å². The Bertz CT molecular complexity index is 449. The molecule has 5 heteroatoms. The van der Waals surface area contributed by atoms with Gasteiger partial charge in [0.1, 0.15) is 5.69 Å². The van der Waals surface area contributed by atoms with Crippen LogP contribution in [0.4, 0.5) is 5.69 Å². The van der Waals surface area contributed by atoms with Crippen LogP contribution in [0.25, 0.3) is 0 Å². The highest BCUT2D eigenvalue weighted by Crippen LogP contribution is 2.33. The van der Waals surface area contributed by atoms with Crippen molar-refractivity contribution in [1.29, 1.82) is 0 Å². The van der Waals surface area contributed by atoms with Crippen molar-refractivity contribution in [1.82, 2.24) is 10.3 Å². The number of hydrogen-bond donors (Lipinski definition) is 3. The monoisotopic (exact) mass is 262 g/mol. The van der Waals surface area contributed by atoms with Gasteiger partial charge in [0.2, 0.25) is 0 Å². The van der Waals surface area contributed by atoms with Crippen LogP contribution in [0.1, 0.15) is 43.6 Å². The third-order valence-electron chi connectivity index (χ3n) is 4.23. The zero-order valence-corrected chi connectivity index (χ0v) is 11.5. The molecule has 4 N–H and O–H groups in total. The van der Waals surface area contributed by atoms with E-state index in [1.165, 1.54) is 12.8 Å². The highest BCUT2D eigenvalue weighted by atomic mass is 16.1. The Labute approximate surface area is 114 Å². The average molecular weight is 262 g/mol. The van der Waals surface area contributed by atoms with E-state index in [0.717, 1.165) is 12.3 Å². The Morgan fingerprint density at radius 1 is 1.53 bits per heavy atom. The first-order chi connectivity index (χ1) is 9.15. The van der Waals surface area contributed by atoms with Crippen molar-refractivity contribution in [3.8, 4) is 0 Å². The highest BCUT2D eigenvalue weighted by molar-refractivity contribution is 5.93. The van der Waals surface area contributed by atoms with Gasteiger partial charge in [-0.25, -0.2) is 0 Å². The number of nitrogens with zero attached hydrogens (tertiary/aromatic N) is 1. The molecule has 19 heavy (non-hydrogen) atoms. The first-order valence-corrected chi connectivity index (χ1v) is 6.89. The molecule has 2 rings (SSSR count). The molecule has 5 nitrogen and oxygen atoms in total. The fourth-order valence-corrected chi connectivity index (χ4v) is 2.91. The first kappa shape index (κ1) is 13.8. The second kappa shape index (κ2) is 6.02. The molecule has 104 valence electrons. The van der Waals surface area contributed by atoms with E-state index in [9.17, 15) is 4.79 Å². The molecule has 0 radical (unpaired) electrons. The number of anilines is 1. The van der Waals surface area contributed by atoms with Crippen LogP contribution < -0.4 is 16.6 Å². The van der Waals surface area contributed by atoms with Crippen molar-refractivity contribution < 1.29 is 4.79 Å². The van der Waals surface area contributed by atoms with Gasteiger partial charge in [-0.1, -0.05) is 20.3 Å². The number of nitrogen functional groups attached to an aromatic ring is 1. The summed E-state index contributed by atoms with van der Waals surface area (Å²) in [6, 6.07) is 3.64. The number of hydrazine groups is 1. The molecule has 0 spiro atoms. The third-order valence-corrected chi connectivity index (χ3v) is 4.23. The SMILES string of the molecule is CCC1CCC(NC(=O)c2cc(NN)ccn2)C1C. The van der Waals surface area contributed by atoms with E-state index in [1.54, 1.807) is 18.3 Å². The Kier molecular flexibility index (Phi) is 4.37. The van der Waals surface area contributed by atoms with E-state index in [0.29, 0.717) is 17.3 Å². The molecule has 1 fully saturated rings. The number of amides is 1. The van der Waals surface area contributed by atoms with Crippen molar-refractivity contribution in [2.45, 2.75) is 39.2 Å². The maximum Gasteiger partial charge on any atom is 0.270 e. The van der Waals surface area contributed by atoms with E-state index < -0.39 is 0 Å². The van der Waals surface area contributed by atoms with Crippen LogP contribution in [0.5, 0.6) is 0 Å². The van der Waals surface area contributed by atoms with Crippen molar-refractivity contribution >= 4 is 11.6 Å². The number of carbonyl (C=O) groups excluding carboxylic acids is 1. The molecule has 0 aromatic carbocycles. The zero-order chi connectivity index (χ0) is 13.8. The molecule has 0 aliphatic heterocycles. The lowest BCUT2D eigenvalue weighted by molar-refractivity contribution is 0.0921. The van der Waals surface area contributed by atoms with E-state index in [2.05, 4.69) is 29.6 Å². The molecule has 1 aromatic rings. The number of aromatic nitrogens is 1. The van der Waals surface area contributed by atoms with Gasteiger partial charge in [0.15, 0.2) is 0 Å². The van der Waals surface area contributed by atoms with Gasteiger partial charge in [0.05, 0.1) is 5.69 Å². The van der Waals surface area contributed by atoms with Crippen LogP contribution in [0, 0.1) is 11.8 Å². The van der Waals surface area contributed by atoms with Crippen LogP contribution >= 0.6 is 0 Å². The lowest BCUT2D eigenvalue weighted by Gasteiger charge is -2.20. The van der Waals surface area contributed by atoms with E-state index in [-0.39, 0.29) is 11.9 Å². The lowest BCUT2D eigenvalue weighted by Crippen LogP contribution is -2.37. The normalized spacial score (nSPS) is 26.2. The van der Waals surface area contributed by atoms with Gasteiger partial charge in [-0.15, -0.1) is 0 Å². The molecule has 1 aromatic heterocycles. The molecule has 1 saturated carbocycles. The summed E-state index contributed by atoms with van der Waals surface area (Å²) in [5.41, 5.74) is 3.61. The van der Waals surface area contributed by atoms with Gasteiger partial charge in [0, 0.05) is 12.2 Å². The Balaban J connectivity index is 2.01. The van der Waals surface area contributed by atoms with E-state index in [4.69, 9.17) is 5.84 Å². The Morgan fingerprint density at radius 2 is 2.32 bits per heavy atom. The second-order valence-electron chi connectivity index (χ2n) is 5.26. The Hall–Kier alpha value is -1.62. The molecular formula is C14H22N4O. The number of rotatable bonds is 4. The summed E-state index contributed by atoms with van der Waals surface area (Å²) in [5, 5.41) is 3.09. The van der Waals surface area contributed by atoms with Crippen molar-refractivity contribution in [2.75, 3.05) is 5.43 Å². The summed E-state index contributed by atoms with van der Waals surface area (Å²) >= 11 is 0. The largest absolute Gasteiger partial charge is 0.348 e. The summed E-state index contributed by atoms with van der Waals surface area (Å²) in [6.45, 7) is 4.43. The maximum absolute atomic E-state index is 12.2. The van der Waals surface area contributed by atoms with Gasteiger partial charge in [-0.05, 0) is 36.8 Å². The first-order valence-electron chi connectivity index (χ1n) is 6.89. The summed E-state index contributed by atoms with van der Waals surface area (Å²) in [7, 11) is 0. The van der Waals surface area contributed by atoms with Crippen LogP contribution in [0.15, 0.2) is 18.3 Å².